The van der Waals surface area contributed by atoms with Gasteiger partial charge >= 0.3 is 0 Å². The summed E-state index contributed by atoms with van der Waals surface area (Å²) in [6.07, 6.45) is 2.01. The van der Waals surface area contributed by atoms with Crippen molar-refractivity contribution in [2.75, 3.05) is 31.6 Å². The number of ether oxygens (including phenoxy) is 1. The second-order valence-corrected chi connectivity index (χ2v) is 6.40. The molecule has 0 radical (unpaired) electrons. The molecular formula is C19H30ClN3O3. The monoisotopic (exact) mass is 383 g/mol. The van der Waals surface area contributed by atoms with Crippen molar-refractivity contribution in [3.05, 3.63) is 29.8 Å². The van der Waals surface area contributed by atoms with Crippen molar-refractivity contribution < 1.29 is 14.3 Å². The zero-order valence-corrected chi connectivity index (χ0v) is 16.4. The first kappa shape index (κ1) is 22.4. The molecular weight excluding hydrogens is 354 g/mol. The third-order valence-electron chi connectivity index (χ3n) is 4.77. The molecule has 1 saturated heterocycles. The molecule has 2 amide bonds. The molecule has 0 saturated carbocycles. The predicted molar refractivity (Wildman–Crippen MR) is 105 cm³/mol. The Morgan fingerprint density at radius 2 is 1.77 bits per heavy atom. The Bertz CT molecular complexity index is 570. The minimum atomic E-state index is -0.521. The molecule has 6 nitrogen and oxygen atoms in total. The molecule has 1 fully saturated rings. The van der Waals surface area contributed by atoms with Crippen LogP contribution in [0.15, 0.2) is 24.3 Å². The number of rotatable bonds is 7. The molecule has 1 heterocycles. The number of likely N-dealkylation sites (N-methyl/N-ethyl adjacent to an activating group) is 1. The number of nitrogens with two attached hydrogens (primary N) is 1. The zero-order chi connectivity index (χ0) is 18.2. The maximum Gasteiger partial charge on any atom is 0.241 e. The Balaban J connectivity index is 0.00000338. The first-order valence-electron chi connectivity index (χ1n) is 9.06. The topological polar surface area (TPSA) is 84.7 Å². The van der Waals surface area contributed by atoms with Crippen LogP contribution in [0.3, 0.4) is 0 Å². The first-order valence-corrected chi connectivity index (χ1v) is 9.06. The Morgan fingerprint density at radius 3 is 2.31 bits per heavy atom. The summed E-state index contributed by atoms with van der Waals surface area (Å²) in [5.74, 6) is 0.113. The van der Waals surface area contributed by atoms with E-state index in [9.17, 15) is 9.59 Å². The molecule has 2 rings (SSSR count). The van der Waals surface area contributed by atoms with E-state index in [0.717, 1.165) is 18.4 Å². The summed E-state index contributed by atoms with van der Waals surface area (Å²) in [5.41, 5.74) is 7.72. The van der Waals surface area contributed by atoms with E-state index in [1.807, 2.05) is 43.0 Å². The van der Waals surface area contributed by atoms with Crippen LogP contribution in [-0.2, 0) is 20.7 Å². The molecule has 146 valence electrons. The predicted octanol–water partition coefficient (Wildman–Crippen LogP) is 2.21. The average Bonchev–Trinajstić information content (AvgIpc) is 2.64. The fraction of sp³-hybridized carbons (Fsp3) is 0.579. The van der Waals surface area contributed by atoms with E-state index in [-0.39, 0.29) is 30.1 Å². The van der Waals surface area contributed by atoms with E-state index < -0.39 is 6.04 Å². The Labute approximate surface area is 161 Å². The van der Waals surface area contributed by atoms with E-state index in [0.29, 0.717) is 38.4 Å². The van der Waals surface area contributed by atoms with E-state index >= 15 is 0 Å². The van der Waals surface area contributed by atoms with Crippen molar-refractivity contribution in [3.8, 4) is 0 Å². The highest BCUT2D eigenvalue weighted by Crippen LogP contribution is 2.19. The summed E-state index contributed by atoms with van der Waals surface area (Å²) in [4.78, 5) is 26.2. The average molecular weight is 384 g/mol. The first-order chi connectivity index (χ1) is 12.0. The minimum Gasteiger partial charge on any atom is -0.381 e. The van der Waals surface area contributed by atoms with Gasteiger partial charge in [0.2, 0.25) is 11.8 Å². The molecule has 0 spiro atoms. The summed E-state index contributed by atoms with van der Waals surface area (Å²) < 4.78 is 5.31. The van der Waals surface area contributed by atoms with E-state index in [1.54, 1.807) is 0 Å². The van der Waals surface area contributed by atoms with Gasteiger partial charge in [0.15, 0.2) is 0 Å². The maximum atomic E-state index is 12.3. The van der Waals surface area contributed by atoms with Gasteiger partial charge < -0.3 is 20.7 Å². The molecule has 1 atom stereocenters. The lowest BCUT2D eigenvalue weighted by atomic mass is 9.92. The highest BCUT2D eigenvalue weighted by atomic mass is 35.5. The normalized spacial score (nSPS) is 15.7. The largest absolute Gasteiger partial charge is 0.381 e. The van der Waals surface area contributed by atoms with Crippen molar-refractivity contribution in [1.82, 2.24) is 4.90 Å². The number of halogens is 1. The van der Waals surface area contributed by atoms with Crippen LogP contribution >= 0.6 is 12.4 Å². The van der Waals surface area contributed by atoms with Gasteiger partial charge in [0.25, 0.3) is 0 Å². The molecule has 0 bridgehead atoms. The second kappa shape index (κ2) is 11.2. The van der Waals surface area contributed by atoms with Gasteiger partial charge in [0, 0.05) is 32.0 Å². The van der Waals surface area contributed by atoms with Gasteiger partial charge in [-0.05, 0) is 50.3 Å². The lowest BCUT2D eigenvalue weighted by Gasteiger charge is -2.26. The highest BCUT2D eigenvalue weighted by molar-refractivity contribution is 5.95. The van der Waals surface area contributed by atoms with Crippen LogP contribution in [0, 0.1) is 5.92 Å². The number of carbonyl (C=O) groups excluding carboxylic acids is 2. The van der Waals surface area contributed by atoms with Gasteiger partial charge in [-0.25, -0.2) is 0 Å². The fourth-order valence-corrected chi connectivity index (χ4v) is 3.08. The summed E-state index contributed by atoms with van der Waals surface area (Å²) >= 11 is 0. The number of benzene rings is 1. The number of hydrogen-bond donors (Lipinski definition) is 2. The lowest BCUT2D eigenvalue weighted by Crippen LogP contribution is -2.44. The van der Waals surface area contributed by atoms with E-state index in [4.69, 9.17) is 10.5 Å². The summed E-state index contributed by atoms with van der Waals surface area (Å²) in [6, 6.07) is 6.86. The number of nitrogens with one attached hydrogen (secondary N) is 1. The fourth-order valence-electron chi connectivity index (χ4n) is 3.08. The van der Waals surface area contributed by atoms with Crippen LogP contribution in [0.1, 0.15) is 32.3 Å². The van der Waals surface area contributed by atoms with E-state index in [1.165, 1.54) is 0 Å². The van der Waals surface area contributed by atoms with Crippen LogP contribution in [-0.4, -0.2) is 49.1 Å². The quantitative estimate of drug-likeness (QED) is 0.756. The van der Waals surface area contributed by atoms with Crippen LogP contribution in [0.4, 0.5) is 5.69 Å². The number of anilines is 1. The molecule has 26 heavy (non-hydrogen) atoms. The van der Waals surface area contributed by atoms with Crippen molar-refractivity contribution in [1.29, 1.82) is 0 Å². The molecule has 3 N–H and O–H groups in total. The van der Waals surface area contributed by atoms with Crippen molar-refractivity contribution >= 4 is 29.9 Å². The maximum absolute atomic E-state index is 12.3. The van der Waals surface area contributed by atoms with Gasteiger partial charge in [-0.3, -0.25) is 9.59 Å². The summed E-state index contributed by atoms with van der Waals surface area (Å²) in [7, 11) is 0. The Kier molecular flexibility index (Phi) is 9.62. The third kappa shape index (κ3) is 6.27. The van der Waals surface area contributed by atoms with Crippen molar-refractivity contribution in [2.45, 2.75) is 39.2 Å². The highest BCUT2D eigenvalue weighted by Gasteiger charge is 2.26. The smallest absolute Gasteiger partial charge is 0.241 e. The Hall–Kier alpha value is -1.63. The third-order valence-corrected chi connectivity index (χ3v) is 4.77. The van der Waals surface area contributed by atoms with Gasteiger partial charge in [-0.15, -0.1) is 12.4 Å². The molecule has 1 aromatic carbocycles. The molecule has 0 aromatic heterocycles. The zero-order valence-electron chi connectivity index (χ0n) is 15.6. The second-order valence-electron chi connectivity index (χ2n) is 6.40. The summed E-state index contributed by atoms with van der Waals surface area (Å²) in [6.45, 7) is 6.71. The molecule has 1 aliphatic heterocycles. The van der Waals surface area contributed by atoms with Crippen molar-refractivity contribution in [3.63, 3.8) is 0 Å². The summed E-state index contributed by atoms with van der Waals surface area (Å²) in [5, 5.41) is 2.86. The van der Waals surface area contributed by atoms with Crippen LogP contribution in [0.25, 0.3) is 0 Å². The van der Waals surface area contributed by atoms with Gasteiger partial charge in [0.05, 0.1) is 12.5 Å². The van der Waals surface area contributed by atoms with Gasteiger partial charge in [-0.2, -0.15) is 0 Å². The molecule has 1 unspecified atom stereocenters. The Morgan fingerprint density at radius 1 is 1.19 bits per heavy atom. The van der Waals surface area contributed by atoms with Crippen LogP contribution in [0.5, 0.6) is 0 Å². The standard InChI is InChI=1S/C19H29N3O3.ClH/c1-3-22(4-2)17(23)13-14-5-7-16(8-6-14)21-19(24)18(20)15-9-11-25-12-10-15;/h5-8,15,18H,3-4,9-13,20H2,1-2H3,(H,21,24);1H. The molecule has 1 aliphatic rings. The van der Waals surface area contributed by atoms with Crippen molar-refractivity contribution in [2.24, 2.45) is 11.7 Å². The van der Waals surface area contributed by atoms with Gasteiger partial charge in [-0.1, -0.05) is 12.1 Å². The van der Waals surface area contributed by atoms with E-state index in [2.05, 4.69) is 5.32 Å². The number of carbonyl (C=O) groups is 2. The molecule has 1 aromatic rings. The van der Waals surface area contributed by atoms with Gasteiger partial charge in [0.1, 0.15) is 0 Å². The number of nitrogens with zero attached hydrogens (tertiary/aromatic N) is 1. The van der Waals surface area contributed by atoms with Crippen LogP contribution in [0.2, 0.25) is 0 Å². The minimum absolute atomic E-state index is 0. The lowest BCUT2D eigenvalue weighted by molar-refractivity contribution is -0.130. The molecule has 0 aliphatic carbocycles. The number of amides is 2. The number of hydrogen-bond acceptors (Lipinski definition) is 4. The van der Waals surface area contributed by atoms with Crippen LogP contribution < -0.4 is 11.1 Å². The molecule has 7 heteroatoms. The SMILES string of the molecule is CCN(CC)C(=O)Cc1ccc(NC(=O)C(N)C2CCOCC2)cc1.Cl.